The van der Waals surface area contributed by atoms with Gasteiger partial charge in [-0.05, 0) is 30.3 Å². The highest BCUT2D eigenvalue weighted by atomic mass is 16.5. The predicted octanol–water partition coefficient (Wildman–Crippen LogP) is 1.90. The van der Waals surface area contributed by atoms with E-state index in [9.17, 15) is 4.79 Å². The van der Waals surface area contributed by atoms with E-state index >= 15 is 0 Å². The van der Waals surface area contributed by atoms with Crippen LogP contribution in [0.15, 0.2) is 42.7 Å². The third-order valence-corrected chi connectivity index (χ3v) is 2.44. The zero-order valence-corrected chi connectivity index (χ0v) is 9.38. The molecule has 2 aromatic rings. The maximum atomic E-state index is 12.1. The Balaban J connectivity index is 2.38. The number of aromatic nitrogens is 1. The van der Waals surface area contributed by atoms with Gasteiger partial charge in [-0.3, -0.25) is 9.78 Å². The summed E-state index contributed by atoms with van der Waals surface area (Å²) >= 11 is 0. The van der Waals surface area contributed by atoms with Crippen LogP contribution < -0.4 is 10.5 Å². The molecule has 0 amide bonds. The standard InChI is InChI=1S/C13H12N2O2/c1-17-12-8-10(2-3-11(12)14)13(16)9-4-6-15-7-5-9/h2-8H,14H2,1H3. The van der Waals surface area contributed by atoms with Crippen molar-refractivity contribution in [2.45, 2.75) is 0 Å². The minimum atomic E-state index is -0.0781. The number of nitrogens with zero attached hydrogens (tertiary/aromatic N) is 1. The summed E-state index contributed by atoms with van der Waals surface area (Å²) in [6, 6.07) is 8.32. The van der Waals surface area contributed by atoms with E-state index in [1.54, 1.807) is 42.7 Å². The molecular formula is C13H12N2O2. The summed E-state index contributed by atoms with van der Waals surface area (Å²) in [5.74, 6) is 0.426. The second-order valence-corrected chi connectivity index (χ2v) is 3.52. The molecule has 0 saturated heterocycles. The summed E-state index contributed by atoms with van der Waals surface area (Å²) in [5.41, 5.74) is 7.34. The Morgan fingerprint density at radius 2 is 1.88 bits per heavy atom. The van der Waals surface area contributed by atoms with Crippen molar-refractivity contribution in [3.63, 3.8) is 0 Å². The van der Waals surface area contributed by atoms with Crippen molar-refractivity contribution in [1.29, 1.82) is 0 Å². The van der Waals surface area contributed by atoms with Gasteiger partial charge in [-0.25, -0.2) is 0 Å². The average Bonchev–Trinajstić information content (AvgIpc) is 2.39. The van der Waals surface area contributed by atoms with E-state index in [0.717, 1.165) is 0 Å². The second-order valence-electron chi connectivity index (χ2n) is 3.52. The number of hydrogen-bond donors (Lipinski definition) is 1. The van der Waals surface area contributed by atoms with Crippen LogP contribution in [0.1, 0.15) is 15.9 Å². The molecule has 1 heterocycles. The van der Waals surface area contributed by atoms with E-state index in [4.69, 9.17) is 10.5 Å². The van der Waals surface area contributed by atoms with E-state index in [1.165, 1.54) is 7.11 Å². The van der Waals surface area contributed by atoms with Gasteiger partial charge in [0.25, 0.3) is 0 Å². The molecule has 4 heteroatoms. The third-order valence-electron chi connectivity index (χ3n) is 2.44. The number of ketones is 1. The fraction of sp³-hybridized carbons (Fsp3) is 0.0769. The lowest BCUT2D eigenvalue weighted by Gasteiger charge is -2.06. The van der Waals surface area contributed by atoms with Crippen LogP contribution in [0.2, 0.25) is 0 Å². The van der Waals surface area contributed by atoms with Crippen molar-refractivity contribution < 1.29 is 9.53 Å². The maximum absolute atomic E-state index is 12.1. The second kappa shape index (κ2) is 4.65. The van der Waals surface area contributed by atoms with Crippen LogP contribution in [0.25, 0.3) is 0 Å². The first-order chi connectivity index (χ1) is 8.22. The minimum Gasteiger partial charge on any atom is -0.495 e. The number of anilines is 1. The summed E-state index contributed by atoms with van der Waals surface area (Å²) in [7, 11) is 1.52. The highest BCUT2D eigenvalue weighted by Gasteiger charge is 2.10. The summed E-state index contributed by atoms with van der Waals surface area (Å²) < 4.78 is 5.08. The lowest BCUT2D eigenvalue weighted by molar-refractivity contribution is 0.103. The van der Waals surface area contributed by atoms with Gasteiger partial charge in [0.05, 0.1) is 12.8 Å². The number of hydrogen-bond acceptors (Lipinski definition) is 4. The molecule has 0 aliphatic heterocycles. The lowest BCUT2D eigenvalue weighted by Crippen LogP contribution is -2.02. The first-order valence-electron chi connectivity index (χ1n) is 5.10. The number of rotatable bonds is 3. The zero-order valence-electron chi connectivity index (χ0n) is 9.38. The Labute approximate surface area is 99.1 Å². The molecule has 1 aromatic heterocycles. The molecule has 0 unspecified atom stereocenters. The van der Waals surface area contributed by atoms with E-state index < -0.39 is 0 Å². The van der Waals surface area contributed by atoms with Gasteiger partial charge in [0.1, 0.15) is 5.75 Å². The molecule has 86 valence electrons. The van der Waals surface area contributed by atoms with Crippen LogP contribution in [0, 0.1) is 0 Å². The smallest absolute Gasteiger partial charge is 0.193 e. The van der Waals surface area contributed by atoms with Gasteiger partial charge in [-0.1, -0.05) is 0 Å². The number of benzene rings is 1. The van der Waals surface area contributed by atoms with Crippen LogP contribution in [-0.4, -0.2) is 17.9 Å². The van der Waals surface area contributed by atoms with Gasteiger partial charge in [0, 0.05) is 23.5 Å². The highest BCUT2D eigenvalue weighted by molar-refractivity contribution is 6.09. The molecule has 0 saturated carbocycles. The Kier molecular flexibility index (Phi) is 3.05. The highest BCUT2D eigenvalue weighted by Crippen LogP contribution is 2.23. The van der Waals surface area contributed by atoms with E-state index in [0.29, 0.717) is 22.6 Å². The summed E-state index contributed by atoms with van der Waals surface area (Å²) in [6.45, 7) is 0. The monoisotopic (exact) mass is 228 g/mol. The molecule has 0 atom stereocenters. The predicted molar refractivity (Wildman–Crippen MR) is 65.1 cm³/mol. The van der Waals surface area contributed by atoms with Crippen LogP contribution in [0.5, 0.6) is 5.75 Å². The van der Waals surface area contributed by atoms with Crippen LogP contribution in [0.3, 0.4) is 0 Å². The number of nitrogen functional groups attached to an aromatic ring is 1. The number of pyridine rings is 1. The van der Waals surface area contributed by atoms with Crippen molar-refractivity contribution in [3.8, 4) is 5.75 Å². The number of carbonyl (C=O) groups is 1. The normalized spacial score (nSPS) is 9.94. The lowest BCUT2D eigenvalue weighted by atomic mass is 10.0. The fourth-order valence-corrected chi connectivity index (χ4v) is 1.52. The van der Waals surface area contributed by atoms with Crippen LogP contribution in [0.4, 0.5) is 5.69 Å². The molecule has 4 nitrogen and oxygen atoms in total. The fourth-order valence-electron chi connectivity index (χ4n) is 1.52. The third kappa shape index (κ3) is 2.25. The largest absolute Gasteiger partial charge is 0.495 e. The van der Waals surface area contributed by atoms with Crippen molar-refractivity contribution in [3.05, 3.63) is 53.9 Å². The Bertz CT molecular complexity index is 538. The Hall–Kier alpha value is -2.36. The molecule has 0 fully saturated rings. The number of nitrogens with two attached hydrogens (primary N) is 1. The average molecular weight is 228 g/mol. The zero-order chi connectivity index (χ0) is 12.3. The van der Waals surface area contributed by atoms with Gasteiger partial charge in [-0.15, -0.1) is 0 Å². The van der Waals surface area contributed by atoms with Gasteiger partial charge in [0.15, 0.2) is 5.78 Å². The molecule has 0 spiro atoms. The molecular weight excluding hydrogens is 216 g/mol. The van der Waals surface area contributed by atoms with Crippen molar-refractivity contribution in [2.75, 3.05) is 12.8 Å². The first-order valence-corrected chi connectivity index (χ1v) is 5.10. The van der Waals surface area contributed by atoms with Crippen LogP contribution >= 0.6 is 0 Å². The van der Waals surface area contributed by atoms with Gasteiger partial charge in [-0.2, -0.15) is 0 Å². The molecule has 1 aromatic carbocycles. The topological polar surface area (TPSA) is 65.2 Å². The van der Waals surface area contributed by atoms with Crippen molar-refractivity contribution in [2.24, 2.45) is 0 Å². The number of methoxy groups -OCH3 is 1. The molecule has 0 aliphatic rings. The van der Waals surface area contributed by atoms with E-state index in [-0.39, 0.29) is 5.78 Å². The van der Waals surface area contributed by atoms with Crippen LogP contribution in [-0.2, 0) is 0 Å². The molecule has 0 radical (unpaired) electrons. The summed E-state index contributed by atoms with van der Waals surface area (Å²) in [5, 5.41) is 0. The minimum absolute atomic E-state index is 0.0781. The van der Waals surface area contributed by atoms with Gasteiger partial charge in [0.2, 0.25) is 0 Å². The molecule has 0 bridgehead atoms. The summed E-state index contributed by atoms with van der Waals surface area (Å²) in [6.07, 6.45) is 3.17. The van der Waals surface area contributed by atoms with E-state index in [2.05, 4.69) is 4.98 Å². The SMILES string of the molecule is COc1cc(C(=O)c2ccncc2)ccc1N. The Morgan fingerprint density at radius 1 is 1.18 bits per heavy atom. The number of ether oxygens (including phenoxy) is 1. The maximum Gasteiger partial charge on any atom is 0.193 e. The molecule has 17 heavy (non-hydrogen) atoms. The summed E-state index contributed by atoms with van der Waals surface area (Å²) in [4.78, 5) is 16.0. The number of carbonyl (C=O) groups excluding carboxylic acids is 1. The van der Waals surface area contributed by atoms with Gasteiger partial charge >= 0.3 is 0 Å². The first kappa shape index (κ1) is 11.1. The molecule has 0 aliphatic carbocycles. The molecule has 2 rings (SSSR count). The van der Waals surface area contributed by atoms with Crippen molar-refractivity contribution in [1.82, 2.24) is 4.98 Å². The Morgan fingerprint density at radius 3 is 2.53 bits per heavy atom. The van der Waals surface area contributed by atoms with E-state index in [1.807, 2.05) is 0 Å². The molecule has 2 N–H and O–H groups in total. The van der Waals surface area contributed by atoms with Crippen molar-refractivity contribution >= 4 is 11.5 Å². The van der Waals surface area contributed by atoms with Gasteiger partial charge < -0.3 is 10.5 Å². The quantitative estimate of drug-likeness (QED) is 0.643.